The van der Waals surface area contributed by atoms with Gasteiger partial charge in [-0.2, -0.15) is 0 Å². The molecule has 2 aliphatic rings. The van der Waals surface area contributed by atoms with Gasteiger partial charge in [0.2, 0.25) is 0 Å². The van der Waals surface area contributed by atoms with E-state index in [1.54, 1.807) is 0 Å². The van der Waals surface area contributed by atoms with Gasteiger partial charge in [0.25, 0.3) is 0 Å². The predicted molar refractivity (Wildman–Crippen MR) is 127 cm³/mol. The van der Waals surface area contributed by atoms with Crippen molar-refractivity contribution in [2.75, 3.05) is 0 Å². The highest BCUT2D eigenvalue weighted by molar-refractivity contribution is 6.15. The van der Waals surface area contributed by atoms with Gasteiger partial charge in [0, 0.05) is 0 Å². The minimum atomic E-state index is -0.637. The molecule has 0 radical (unpaired) electrons. The van der Waals surface area contributed by atoms with Crippen LogP contribution in [0.1, 0.15) is 73.3 Å². The molecule has 2 N–H and O–H groups in total. The van der Waals surface area contributed by atoms with E-state index < -0.39 is 12.2 Å². The Morgan fingerprint density at radius 3 is 1.30 bits per heavy atom. The van der Waals surface area contributed by atoms with Crippen molar-refractivity contribution in [2.45, 2.75) is 53.8 Å². The lowest BCUT2D eigenvalue weighted by Gasteiger charge is -2.35. The summed E-state index contributed by atoms with van der Waals surface area (Å²) in [5, 5.41) is 26.9. The Bertz CT molecular complexity index is 1180. The largest absolute Gasteiger partial charge is 0.384 e. The molecular formula is C28H30O2. The summed E-state index contributed by atoms with van der Waals surface area (Å²) >= 11 is 0. The molecule has 6 rings (SSSR count). The molecule has 0 amide bonds. The minimum Gasteiger partial charge on any atom is -0.384 e. The highest BCUT2D eigenvalue weighted by Gasteiger charge is 2.36. The van der Waals surface area contributed by atoms with E-state index in [1.807, 2.05) is 52.0 Å². The van der Waals surface area contributed by atoms with Crippen LogP contribution in [0.25, 0.3) is 32.7 Å². The summed E-state index contributed by atoms with van der Waals surface area (Å²) < 4.78 is 0. The van der Waals surface area contributed by atoms with E-state index in [9.17, 15) is 10.2 Å². The van der Waals surface area contributed by atoms with Gasteiger partial charge < -0.3 is 10.2 Å². The molecule has 4 aromatic rings. The summed E-state index contributed by atoms with van der Waals surface area (Å²) in [6, 6.07) is 16.5. The number of hydrogen-bond donors (Lipinski definition) is 2. The third-order valence-electron chi connectivity index (χ3n) is 6.29. The zero-order valence-corrected chi connectivity index (χ0v) is 18.7. The molecular weight excluding hydrogens is 368 g/mol. The van der Waals surface area contributed by atoms with Crippen LogP contribution in [-0.4, -0.2) is 10.2 Å². The molecule has 0 bridgehead atoms. The first kappa shape index (κ1) is 20.6. The average Bonchev–Trinajstić information content (AvgIpc) is 2.79. The lowest BCUT2D eigenvalue weighted by atomic mass is 9.71. The van der Waals surface area contributed by atoms with E-state index in [1.165, 1.54) is 0 Å². The molecule has 2 atom stereocenters. The molecule has 2 unspecified atom stereocenters. The van der Waals surface area contributed by atoms with Gasteiger partial charge in [0.05, 0.1) is 0 Å². The van der Waals surface area contributed by atoms with Gasteiger partial charge in [-0.1, -0.05) is 76.2 Å². The van der Waals surface area contributed by atoms with E-state index in [-0.39, 0.29) is 0 Å². The van der Waals surface area contributed by atoms with Gasteiger partial charge >= 0.3 is 0 Å². The van der Waals surface area contributed by atoms with Crippen molar-refractivity contribution >= 4 is 21.5 Å². The fourth-order valence-electron chi connectivity index (χ4n) is 5.17. The number of aryl methyl sites for hydroxylation is 2. The predicted octanol–water partition coefficient (Wildman–Crippen LogP) is 7.12. The Kier molecular flexibility index (Phi) is 5.17. The van der Waals surface area contributed by atoms with Gasteiger partial charge in [-0.25, -0.2) is 0 Å². The molecule has 0 saturated heterocycles. The summed E-state index contributed by atoms with van der Waals surface area (Å²) in [7, 11) is 0. The Morgan fingerprint density at radius 1 is 0.567 bits per heavy atom. The zero-order valence-electron chi connectivity index (χ0n) is 18.7. The summed E-state index contributed by atoms with van der Waals surface area (Å²) in [4.78, 5) is 0. The van der Waals surface area contributed by atoms with Gasteiger partial charge in [0.15, 0.2) is 0 Å². The standard InChI is InChI=1S/C24H18O2.2C2H6/c1-11-9-17-21-19-13(11)5-3-7-15(19)24(26)18-10-12(2)14-6-4-8-16(23(17)25)20(14)22(18)21;2*1-2/h3-10,23-26H,1-2H3;2*1-2H3. The van der Waals surface area contributed by atoms with E-state index in [2.05, 4.69) is 38.1 Å². The van der Waals surface area contributed by atoms with E-state index in [4.69, 9.17) is 0 Å². The SMILES string of the molecule is CC.CC.Cc1cc2c3c4c(cccc14)C(O)c1cc(C)c4cccc(c4c1-3)C2O. The first-order valence-corrected chi connectivity index (χ1v) is 11.1. The van der Waals surface area contributed by atoms with Crippen LogP contribution < -0.4 is 0 Å². The molecule has 4 aromatic carbocycles. The normalized spacial score (nSPS) is 17.3. The lowest BCUT2D eigenvalue weighted by Crippen LogP contribution is -2.17. The van der Waals surface area contributed by atoms with E-state index >= 15 is 0 Å². The molecule has 2 heteroatoms. The molecule has 2 nitrogen and oxygen atoms in total. The van der Waals surface area contributed by atoms with Crippen LogP contribution >= 0.6 is 0 Å². The van der Waals surface area contributed by atoms with Crippen molar-refractivity contribution in [1.29, 1.82) is 0 Å². The van der Waals surface area contributed by atoms with Crippen LogP contribution in [0.5, 0.6) is 0 Å². The molecule has 0 aliphatic heterocycles. The van der Waals surface area contributed by atoms with Gasteiger partial charge in [0.1, 0.15) is 12.2 Å². The number of aliphatic hydroxyl groups is 2. The third-order valence-corrected chi connectivity index (χ3v) is 6.29. The maximum atomic E-state index is 11.2. The fourth-order valence-corrected chi connectivity index (χ4v) is 5.17. The smallest absolute Gasteiger partial charge is 0.105 e. The lowest BCUT2D eigenvalue weighted by molar-refractivity contribution is 0.217. The van der Waals surface area contributed by atoms with Crippen molar-refractivity contribution in [3.63, 3.8) is 0 Å². The number of rotatable bonds is 0. The third kappa shape index (κ3) is 2.50. The molecule has 30 heavy (non-hydrogen) atoms. The second kappa shape index (κ2) is 7.54. The van der Waals surface area contributed by atoms with Crippen molar-refractivity contribution in [1.82, 2.24) is 0 Å². The van der Waals surface area contributed by atoms with Crippen LogP contribution in [-0.2, 0) is 0 Å². The molecule has 0 aromatic heterocycles. The quantitative estimate of drug-likeness (QED) is 0.331. The Balaban J connectivity index is 0.000000516. The van der Waals surface area contributed by atoms with Crippen LogP contribution in [0.4, 0.5) is 0 Å². The van der Waals surface area contributed by atoms with Crippen molar-refractivity contribution in [3.8, 4) is 11.1 Å². The second-order valence-corrected chi connectivity index (χ2v) is 7.66. The van der Waals surface area contributed by atoms with Crippen LogP contribution in [0, 0.1) is 13.8 Å². The first-order valence-electron chi connectivity index (χ1n) is 11.1. The Hall–Kier alpha value is -2.68. The van der Waals surface area contributed by atoms with E-state index in [0.29, 0.717) is 0 Å². The van der Waals surface area contributed by atoms with Crippen LogP contribution in [0.3, 0.4) is 0 Å². The molecule has 2 aliphatic carbocycles. The number of benzene rings is 4. The highest BCUT2D eigenvalue weighted by atomic mass is 16.3. The number of aliphatic hydroxyl groups excluding tert-OH is 2. The summed E-state index contributed by atoms with van der Waals surface area (Å²) in [6.07, 6.45) is -1.27. The van der Waals surface area contributed by atoms with Crippen molar-refractivity contribution in [2.24, 2.45) is 0 Å². The summed E-state index contributed by atoms with van der Waals surface area (Å²) in [5.41, 5.74) is 8.30. The first-order chi connectivity index (χ1) is 14.6. The zero-order chi connectivity index (χ0) is 21.7. The molecule has 0 heterocycles. The summed E-state index contributed by atoms with van der Waals surface area (Å²) in [6.45, 7) is 12.2. The Labute approximate surface area is 178 Å². The van der Waals surface area contributed by atoms with Crippen molar-refractivity contribution < 1.29 is 10.2 Å². The highest BCUT2D eigenvalue weighted by Crippen LogP contribution is 2.55. The maximum absolute atomic E-state index is 11.2. The monoisotopic (exact) mass is 398 g/mol. The van der Waals surface area contributed by atoms with Crippen LogP contribution in [0.2, 0.25) is 0 Å². The average molecular weight is 399 g/mol. The topological polar surface area (TPSA) is 40.5 Å². The second-order valence-electron chi connectivity index (χ2n) is 7.66. The van der Waals surface area contributed by atoms with Gasteiger partial charge in [-0.15, -0.1) is 0 Å². The molecule has 0 fully saturated rings. The minimum absolute atomic E-state index is 0.637. The van der Waals surface area contributed by atoms with Crippen molar-refractivity contribution in [3.05, 3.63) is 81.9 Å². The van der Waals surface area contributed by atoms with Gasteiger partial charge in [-0.3, -0.25) is 0 Å². The molecule has 0 spiro atoms. The maximum Gasteiger partial charge on any atom is 0.105 e. The molecule has 0 saturated carbocycles. The van der Waals surface area contributed by atoms with Gasteiger partial charge in [-0.05, 0) is 79.9 Å². The Morgan fingerprint density at radius 2 is 0.933 bits per heavy atom. The van der Waals surface area contributed by atoms with Crippen LogP contribution in [0.15, 0.2) is 48.5 Å². The van der Waals surface area contributed by atoms with E-state index in [0.717, 1.165) is 66.1 Å². The number of hydrogen-bond acceptors (Lipinski definition) is 2. The fraction of sp³-hybridized carbons (Fsp3) is 0.286. The molecule has 154 valence electrons. The summed E-state index contributed by atoms with van der Waals surface area (Å²) in [5.74, 6) is 0.